The first-order valence-corrected chi connectivity index (χ1v) is 3.73. The van der Waals surface area contributed by atoms with Gasteiger partial charge in [-0.3, -0.25) is 0 Å². The summed E-state index contributed by atoms with van der Waals surface area (Å²) in [6.07, 6.45) is -15.3. The third kappa shape index (κ3) is 20.6. The van der Waals surface area contributed by atoms with Gasteiger partial charge in [-0.1, -0.05) is 0 Å². The van der Waals surface area contributed by atoms with Crippen molar-refractivity contribution < 1.29 is 86.0 Å². The predicted molar refractivity (Wildman–Crippen MR) is 41.1 cm³/mol. The van der Waals surface area contributed by atoms with Crippen molar-refractivity contribution in [3.63, 3.8) is 0 Å². The van der Waals surface area contributed by atoms with Crippen LogP contribution in [0.5, 0.6) is 0 Å². The first-order chi connectivity index (χ1) is 8.83. The molecule has 0 bridgehead atoms. The molecule has 0 aliphatic rings. The van der Waals surface area contributed by atoms with Crippen LogP contribution in [0.25, 0.3) is 0 Å². The van der Waals surface area contributed by atoms with Gasteiger partial charge in [-0.2, -0.15) is 39.5 Å². The number of halogens is 9. The molecule has 0 aliphatic heterocycles. The SMILES string of the molecule is O=C(O)C(F)(F)F.O=C(O)C(F)(F)F.O=C(O)C(F)(F)F.[Co]. The molecule has 0 spiro atoms. The van der Waals surface area contributed by atoms with E-state index in [-0.39, 0.29) is 16.8 Å². The summed E-state index contributed by atoms with van der Waals surface area (Å²) >= 11 is 0. The van der Waals surface area contributed by atoms with Crippen molar-refractivity contribution in [1.29, 1.82) is 0 Å². The van der Waals surface area contributed by atoms with Crippen LogP contribution < -0.4 is 0 Å². The smallest absolute Gasteiger partial charge is 0.475 e. The van der Waals surface area contributed by atoms with Crippen molar-refractivity contribution in [2.24, 2.45) is 0 Å². The minimum Gasteiger partial charge on any atom is -0.475 e. The van der Waals surface area contributed by atoms with Gasteiger partial charge in [-0.15, -0.1) is 0 Å². The van der Waals surface area contributed by atoms with Crippen LogP contribution in [0.15, 0.2) is 0 Å². The number of hydrogen-bond acceptors (Lipinski definition) is 3. The fourth-order valence-corrected chi connectivity index (χ4v) is 0. The van der Waals surface area contributed by atoms with E-state index in [9.17, 15) is 39.5 Å². The summed E-state index contributed by atoms with van der Waals surface area (Å²) in [5, 5.41) is 21.4. The zero-order valence-electron chi connectivity index (χ0n) is 9.30. The molecule has 0 unspecified atom stereocenters. The van der Waals surface area contributed by atoms with Crippen LogP contribution >= 0.6 is 0 Å². The summed E-state index contributed by atoms with van der Waals surface area (Å²) in [7, 11) is 0. The summed E-state index contributed by atoms with van der Waals surface area (Å²) in [6, 6.07) is 0. The normalized spacial score (nSPS) is 10.8. The van der Waals surface area contributed by atoms with E-state index in [1.54, 1.807) is 0 Å². The van der Waals surface area contributed by atoms with Gasteiger partial charge in [0.1, 0.15) is 0 Å². The maximum absolute atomic E-state index is 10.6. The van der Waals surface area contributed by atoms with Crippen molar-refractivity contribution in [2.75, 3.05) is 0 Å². The Labute approximate surface area is 123 Å². The Morgan fingerprint density at radius 1 is 0.500 bits per heavy atom. The molecule has 0 atom stereocenters. The van der Waals surface area contributed by atoms with Crippen LogP contribution in [0.4, 0.5) is 39.5 Å². The largest absolute Gasteiger partial charge is 0.490 e. The van der Waals surface area contributed by atoms with Crippen LogP contribution in [-0.2, 0) is 31.2 Å². The van der Waals surface area contributed by atoms with E-state index in [0.29, 0.717) is 0 Å². The third-order valence-electron chi connectivity index (χ3n) is 0.728. The minimum absolute atomic E-state index is 0. The molecule has 0 rings (SSSR count). The summed E-state index contributed by atoms with van der Waals surface area (Å²) in [6.45, 7) is 0. The third-order valence-corrected chi connectivity index (χ3v) is 0.728. The van der Waals surface area contributed by atoms with E-state index >= 15 is 0 Å². The monoisotopic (exact) mass is 401 g/mol. The summed E-state index contributed by atoms with van der Waals surface area (Å²) in [5.41, 5.74) is 0. The van der Waals surface area contributed by atoms with Gasteiger partial charge in [-0.25, -0.2) is 14.4 Å². The Morgan fingerprint density at radius 3 is 0.545 bits per heavy atom. The van der Waals surface area contributed by atoms with Crippen LogP contribution in [0.1, 0.15) is 0 Å². The van der Waals surface area contributed by atoms with Gasteiger partial charge in [0.15, 0.2) is 0 Å². The predicted octanol–water partition coefficient (Wildman–Crippen LogP) is 1.90. The Morgan fingerprint density at radius 2 is 0.545 bits per heavy atom. The van der Waals surface area contributed by atoms with Gasteiger partial charge >= 0.3 is 36.4 Å². The Balaban J connectivity index is -0.000000108. The molecule has 0 heterocycles. The van der Waals surface area contributed by atoms with E-state index in [0.717, 1.165) is 0 Å². The molecule has 0 aromatic rings. The molecular formula is C6H3CoF9O6. The van der Waals surface area contributed by atoms with E-state index in [1.165, 1.54) is 0 Å². The second kappa shape index (κ2) is 10.1. The van der Waals surface area contributed by atoms with Crippen molar-refractivity contribution >= 4 is 17.9 Å². The average Bonchev–Trinajstić information content (AvgIpc) is 2.14. The van der Waals surface area contributed by atoms with Gasteiger partial charge in [0.2, 0.25) is 0 Å². The number of alkyl halides is 9. The molecule has 6 nitrogen and oxygen atoms in total. The maximum atomic E-state index is 10.6. The van der Waals surface area contributed by atoms with Crippen molar-refractivity contribution in [3.05, 3.63) is 0 Å². The van der Waals surface area contributed by atoms with Gasteiger partial charge in [-0.05, 0) is 0 Å². The number of aliphatic carboxylic acids is 3. The zero-order chi connectivity index (χ0) is 18.2. The number of carbonyl (C=O) groups is 3. The van der Waals surface area contributed by atoms with Crippen LogP contribution in [0.2, 0.25) is 0 Å². The number of carboxylic acid groups (broad SMARTS) is 3. The standard InChI is InChI=1S/3C2HF3O2.Co/c3*3-2(4,5)1(6)7;/h3*(H,6,7);. The summed E-state index contributed by atoms with van der Waals surface area (Å²) < 4.78 is 95.2. The first kappa shape index (κ1) is 28.4. The van der Waals surface area contributed by atoms with Gasteiger partial charge < -0.3 is 15.3 Å². The molecule has 0 aromatic heterocycles. The van der Waals surface area contributed by atoms with Crippen molar-refractivity contribution in [1.82, 2.24) is 0 Å². The number of carboxylic acids is 3. The molecular weight excluding hydrogens is 398 g/mol. The summed E-state index contributed by atoms with van der Waals surface area (Å²) in [4.78, 5) is 26.7. The molecule has 16 heteroatoms. The first-order valence-electron chi connectivity index (χ1n) is 3.73. The molecule has 3 N–H and O–H groups in total. The number of rotatable bonds is 0. The topological polar surface area (TPSA) is 112 Å². The molecule has 0 amide bonds. The fraction of sp³-hybridized carbons (Fsp3) is 0.500. The molecule has 135 valence electrons. The van der Waals surface area contributed by atoms with Gasteiger partial charge in [0, 0.05) is 16.8 Å². The molecule has 0 fully saturated rings. The van der Waals surface area contributed by atoms with Crippen molar-refractivity contribution in [3.8, 4) is 0 Å². The molecule has 22 heavy (non-hydrogen) atoms. The average molecular weight is 401 g/mol. The number of hydrogen-bond donors (Lipinski definition) is 3. The van der Waals surface area contributed by atoms with Gasteiger partial charge in [0.25, 0.3) is 0 Å². The fourth-order valence-electron chi connectivity index (χ4n) is 0. The van der Waals surface area contributed by atoms with Crippen LogP contribution in [-0.4, -0.2) is 51.8 Å². The van der Waals surface area contributed by atoms with E-state index in [1.807, 2.05) is 0 Å². The Hall–Kier alpha value is -1.71. The minimum atomic E-state index is -5.08. The second-order valence-electron chi connectivity index (χ2n) is 2.41. The zero-order valence-corrected chi connectivity index (χ0v) is 10.3. The van der Waals surface area contributed by atoms with E-state index < -0.39 is 36.4 Å². The quantitative estimate of drug-likeness (QED) is 0.535. The Bertz CT molecular complexity index is 313. The molecule has 0 aliphatic carbocycles. The summed E-state index contributed by atoms with van der Waals surface area (Å²) in [5.74, 6) is -8.27. The van der Waals surface area contributed by atoms with Crippen LogP contribution in [0.3, 0.4) is 0 Å². The van der Waals surface area contributed by atoms with E-state index in [2.05, 4.69) is 0 Å². The molecule has 0 aromatic carbocycles. The molecule has 0 saturated carbocycles. The molecule has 0 saturated heterocycles. The Kier molecular flexibility index (Phi) is 13.0. The van der Waals surface area contributed by atoms with Crippen LogP contribution in [0, 0.1) is 0 Å². The second-order valence-corrected chi connectivity index (χ2v) is 2.41. The van der Waals surface area contributed by atoms with Crippen molar-refractivity contribution in [2.45, 2.75) is 18.5 Å². The maximum Gasteiger partial charge on any atom is 0.490 e. The van der Waals surface area contributed by atoms with E-state index in [4.69, 9.17) is 29.7 Å². The van der Waals surface area contributed by atoms with Gasteiger partial charge in [0.05, 0.1) is 0 Å². The molecule has 1 radical (unpaired) electrons.